The molecule has 3 amide bonds. The van der Waals surface area contributed by atoms with Gasteiger partial charge < -0.3 is 16.0 Å². The highest BCUT2D eigenvalue weighted by Gasteiger charge is 2.17. The van der Waals surface area contributed by atoms with Gasteiger partial charge >= 0.3 is 0 Å². The predicted octanol–water partition coefficient (Wildman–Crippen LogP) is 3.10. The summed E-state index contributed by atoms with van der Waals surface area (Å²) in [7, 11) is 0. The summed E-state index contributed by atoms with van der Waals surface area (Å²) in [6.07, 6.45) is 0. The van der Waals surface area contributed by atoms with E-state index < -0.39 is 6.04 Å². The molecule has 0 bridgehead atoms. The lowest BCUT2D eigenvalue weighted by atomic mass is 10.2. The van der Waals surface area contributed by atoms with Gasteiger partial charge in [0.1, 0.15) is 6.04 Å². The summed E-state index contributed by atoms with van der Waals surface area (Å²) in [5.74, 6) is -0.762. The molecular formula is C18H21N3O3S. The van der Waals surface area contributed by atoms with Gasteiger partial charge in [-0.15, -0.1) is 11.3 Å². The minimum Gasteiger partial charge on any atom is -0.340 e. The average molecular weight is 359 g/mol. The van der Waals surface area contributed by atoms with Crippen LogP contribution in [0, 0.1) is 5.92 Å². The van der Waals surface area contributed by atoms with Gasteiger partial charge in [-0.05, 0) is 42.6 Å². The van der Waals surface area contributed by atoms with E-state index in [1.807, 2.05) is 13.8 Å². The highest BCUT2D eigenvalue weighted by atomic mass is 32.1. The van der Waals surface area contributed by atoms with Crippen molar-refractivity contribution in [2.24, 2.45) is 5.92 Å². The van der Waals surface area contributed by atoms with Crippen LogP contribution < -0.4 is 16.0 Å². The smallest absolute Gasteiger partial charge is 0.261 e. The molecule has 0 aliphatic heterocycles. The van der Waals surface area contributed by atoms with Crippen molar-refractivity contribution in [3.05, 3.63) is 46.7 Å². The van der Waals surface area contributed by atoms with Gasteiger partial charge in [-0.3, -0.25) is 14.4 Å². The lowest BCUT2D eigenvalue weighted by Gasteiger charge is -2.14. The second-order valence-electron chi connectivity index (χ2n) is 5.88. The summed E-state index contributed by atoms with van der Waals surface area (Å²) in [4.78, 5) is 36.3. The molecular weight excluding hydrogens is 338 g/mol. The Kier molecular flexibility index (Phi) is 6.30. The number of thiophene rings is 1. The first kappa shape index (κ1) is 18.7. The highest BCUT2D eigenvalue weighted by molar-refractivity contribution is 7.12. The Morgan fingerprint density at radius 3 is 1.92 bits per heavy atom. The maximum absolute atomic E-state index is 12.2. The number of anilines is 2. The zero-order valence-electron chi connectivity index (χ0n) is 14.3. The molecule has 3 N–H and O–H groups in total. The van der Waals surface area contributed by atoms with Crippen LogP contribution in [0.15, 0.2) is 41.8 Å². The largest absolute Gasteiger partial charge is 0.340 e. The normalized spacial score (nSPS) is 11.7. The monoisotopic (exact) mass is 359 g/mol. The summed E-state index contributed by atoms with van der Waals surface area (Å²) in [5.41, 5.74) is 1.25. The van der Waals surface area contributed by atoms with E-state index in [2.05, 4.69) is 16.0 Å². The second kappa shape index (κ2) is 8.43. The van der Waals surface area contributed by atoms with Crippen molar-refractivity contribution in [1.29, 1.82) is 0 Å². The van der Waals surface area contributed by atoms with Crippen LogP contribution in [0.25, 0.3) is 0 Å². The summed E-state index contributed by atoms with van der Waals surface area (Å²) < 4.78 is 0. The molecule has 25 heavy (non-hydrogen) atoms. The number of carbonyl (C=O) groups is 3. The van der Waals surface area contributed by atoms with Gasteiger partial charge in [0.15, 0.2) is 0 Å². The van der Waals surface area contributed by atoms with Crippen molar-refractivity contribution in [3.63, 3.8) is 0 Å². The number of nitrogens with one attached hydrogen (secondary N) is 3. The maximum Gasteiger partial charge on any atom is 0.261 e. The molecule has 7 heteroatoms. The molecule has 0 saturated heterocycles. The van der Waals surface area contributed by atoms with Crippen LogP contribution in [0.4, 0.5) is 11.4 Å². The van der Waals surface area contributed by atoms with Crippen LogP contribution in [0.5, 0.6) is 0 Å². The lowest BCUT2D eigenvalue weighted by molar-refractivity contribution is -0.119. The van der Waals surface area contributed by atoms with E-state index in [4.69, 9.17) is 0 Å². The topological polar surface area (TPSA) is 87.3 Å². The van der Waals surface area contributed by atoms with Crippen LogP contribution in [0.3, 0.4) is 0 Å². The third kappa shape index (κ3) is 5.42. The first-order valence-electron chi connectivity index (χ1n) is 7.93. The molecule has 1 unspecified atom stereocenters. The highest BCUT2D eigenvalue weighted by Crippen LogP contribution is 2.15. The molecule has 0 radical (unpaired) electrons. The van der Waals surface area contributed by atoms with Gasteiger partial charge in [-0.1, -0.05) is 19.9 Å². The van der Waals surface area contributed by atoms with Crippen molar-refractivity contribution in [3.8, 4) is 0 Å². The van der Waals surface area contributed by atoms with Crippen LogP contribution in [0.1, 0.15) is 30.4 Å². The fourth-order valence-corrected chi connectivity index (χ4v) is 2.54. The number of rotatable bonds is 6. The Morgan fingerprint density at radius 2 is 1.44 bits per heavy atom. The second-order valence-corrected chi connectivity index (χ2v) is 6.83. The molecule has 132 valence electrons. The van der Waals surface area contributed by atoms with Crippen LogP contribution in [-0.2, 0) is 9.59 Å². The number of benzene rings is 1. The summed E-state index contributed by atoms with van der Waals surface area (Å²) in [6, 6.07) is 9.63. The zero-order chi connectivity index (χ0) is 18.4. The first-order valence-corrected chi connectivity index (χ1v) is 8.81. The van der Waals surface area contributed by atoms with E-state index in [9.17, 15) is 14.4 Å². The van der Waals surface area contributed by atoms with Crippen molar-refractivity contribution in [1.82, 2.24) is 5.32 Å². The molecule has 1 atom stereocenters. The summed E-state index contributed by atoms with van der Waals surface area (Å²) in [5, 5.41) is 9.97. The molecule has 0 saturated carbocycles. The first-order chi connectivity index (χ1) is 11.9. The van der Waals surface area contributed by atoms with E-state index in [-0.39, 0.29) is 23.6 Å². The van der Waals surface area contributed by atoms with E-state index in [1.165, 1.54) is 11.3 Å². The molecule has 0 aliphatic carbocycles. The number of carbonyl (C=O) groups excluding carboxylic acids is 3. The van der Waals surface area contributed by atoms with Gasteiger partial charge in [-0.25, -0.2) is 0 Å². The predicted molar refractivity (Wildman–Crippen MR) is 99.8 cm³/mol. The fraction of sp³-hybridized carbons (Fsp3) is 0.278. The molecule has 0 aliphatic rings. The van der Waals surface area contributed by atoms with E-state index in [0.29, 0.717) is 16.3 Å². The average Bonchev–Trinajstić information content (AvgIpc) is 3.11. The zero-order valence-corrected chi connectivity index (χ0v) is 15.1. The molecule has 2 rings (SSSR count). The van der Waals surface area contributed by atoms with Crippen molar-refractivity contribution in [2.75, 3.05) is 10.6 Å². The third-order valence-corrected chi connectivity index (χ3v) is 4.30. The molecule has 0 spiro atoms. The number of hydrogen-bond acceptors (Lipinski definition) is 4. The Hall–Kier alpha value is -2.67. The molecule has 1 aromatic carbocycles. The molecule has 1 heterocycles. The van der Waals surface area contributed by atoms with Gasteiger partial charge in [0.05, 0.1) is 4.88 Å². The molecule has 6 nitrogen and oxygen atoms in total. The Morgan fingerprint density at radius 1 is 0.880 bits per heavy atom. The fourth-order valence-electron chi connectivity index (χ4n) is 1.92. The van der Waals surface area contributed by atoms with Crippen LogP contribution in [-0.4, -0.2) is 23.8 Å². The number of amides is 3. The van der Waals surface area contributed by atoms with Gasteiger partial charge in [0.25, 0.3) is 5.91 Å². The Labute approximate surface area is 150 Å². The Bertz CT molecular complexity index is 739. The van der Waals surface area contributed by atoms with Crippen LogP contribution in [0.2, 0.25) is 0 Å². The minimum absolute atomic E-state index is 0.0679. The lowest BCUT2D eigenvalue weighted by Crippen LogP contribution is -2.41. The molecule has 0 fully saturated rings. The van der Waals surface area contributed by atoms with E-state index >= 15 is 0 Å². The van der Waals surface area contributed by atoms with Gasteiger partial charge in [0.2, 0.25) is 11.8 Å². The van der Waals surface area contributed by atoms with Crippen molar-refractivity contribution >= 4 is 40.4 Å². The van der Waals surface area contributed by atoms with E-state index in [0.717, 1.165) is 0 Å². The van der Waals surface area contributed by atoms with Gasteiger partial charge in [0, 0.05) is 17.3 Å². The standard InChI is InChI=1S/C18H21N3O3S/c1-11(2)16(22)20-13-6-8-14(9-7-13)21-17(23)12(3)19-18(24)15-5-4-10-25-15/h4-12H,1-3H3,(H,19,24)(H,20,22)(H,21,23). The summed E-state index contributed by atoms with van der Waals surface area (Å²) >= 11 is 1.32. The minimum atomic E-state index is -0.671. The quantitative estimate of drug-likeness (QED) is 0.741. The van der Waals surface area contributed by atoms with Crippen molar-refractivity contribution < 1.29 is 14.4 Å². The SMILES string of the molecule is CC(C)C(=O)Nc1ccc(NC(=O)C(C)NC(=O)c2cccs2)cc1. The molecule has 2 aromatic rings. The third-order valence-electron chi connectivity index (χ3n) is 3.43. The maximum atomic E-state index is 12.2. The van der Waals surface area contributed by atoms with Crippen molar-refractivity contribution in [2.45, 2.75) is 26.8 Å². The molecule has 1 aromatic heterocycles. The van der Waals surface area contributed by atoms with Crippen LogP contribution >= 0.6 is 11.3 Å². The number of hydrogen-bond donors (Lipinski definition) is 3. The summed E-state index contributed by atoms with van der Waals surface area (Å²) in [6.45, 7) is 5.25. The van der Waals surface area contributed by atoms with Gasteiger partial charge in [-0.2, -0.15) is 0 Å². The Balaban J connectivity index is 1.89. The van der Waals surface area contributed by atoms with E-state index in [1.54, 1.807) is 48.7 Å².